The molecule has 3 nitrogen and oxygen atoms in total. The number of rotatable bonds is 3. The summed E-state index contributed by atoms with van der Waals surface area (Å²) in [5.74, 6) is 1.61. The van der Waals surface area contributed by atoms with Crippen LogP contribution in [0.4, 0.5) is 0 Å². The van der Waals surface area contributed by atoms with Gasteiger partial charge in [-0.2, -0.15) is 0 Å². The molecule has 0 aromatic rings. The Labute approximate surface area is 92.7 Å². The first kappa shape index (κ1) is 12.2. The van der Waals surface area contributed by atoms with E-state index in [1.807, 2.05) is 25.2 Å². The average molecular weight is 209 g/mol. The summed E-state index contributed by atoms with van der Waals surface area (Å²) in [4.78, 5) is 15.9. The molecular weight excluding hydrogens is 188 g/mol. The first-order valence-corrected chi connectivity index (χ1v) is 5.36. The Balaban J connectivity index is 2.74. The van der Waals surface area contributed by atoms with Crippen LogP contribution in [0.15, 0.2) is 11.8 Å². The summed E-state index contributed by atoms with van der Waals surface area (Å²) in [6, 6.07) is 0.245. The van der Waals surface area contributed by atoms with E-state index in [-0.39, 0.29) is 11.8 Å². The van der Waals surface area contributed by atoms with E-state index in [9.17, 15) is 4.79 Å². The van der Waals surface area contributed by atoms with Crippen molar-refractivity contribution in [1.82, 2.24) is 9.80 Å². The summed E-state index contributed by atoms with van der Waals surface area (Å²) >= 11 is 0. The molecule has 1 aliphatic heterocycles. The number of hydrogen-bond acceptors (Lipinski definition) is 3. The Morgan fingerprint density at radius 2 is 2.13 bits per heavy atom. The maximum atomic E-state index is 11.8. The fourth-order valence-corrected chi connectivity index (χ4v) is 1.90. The van der Waals surface area contributed by atoms with E-state index < -0.39 is 0 Å². The summed E-state index contributed by atoms with van der Waals surface area (Å²) in [5, 5.41) is 0. The lowest BCUT2D eigenvalue weighted by molar-refractivity contribution is -0.114. The standard InChI is InChI=1S/C12H21N2O/c1-9(2)6-14-8-12(15)11(10(14)3)7-13(4)5/h7,10H,6,8H2,1-5H3/b11-7-. The van der Waals surface area contributed by atoms with Crippen molar-refractivity contribution in [2.45, 2.75) is 26.8 Å². The van der Waals surface area contributed by atoms with Gasteiger partial charge in [0.1, 0.15) is 0 Å². The van der Waals surface area contributed by atoms with Gasteiger partial charge in [-0.15, -0.1) is 0 Å². The molecule has 85 valence electrons. The summed E-state index contributed by atoms with van der Waals surface area (Å²) < 4.78 is 0. The van der Waals surface area contributed by atoms with Crippen LogP contribution in [0.1, 0.15) is 20.8 Å². The zero-order chi connectivity index (χ0) is 11.6. The van der Waals surface area contributed by atoms with Gasteiger partial charge in [0.15, 0.2) is 5.78 Å². The van der Waals surface area contributed by atoms with Crippen molar-refractivity contribution in [3.8, 4) is 0 Å². The van der Waals surface area contributed by atoms with Gasteiger partial charge < -0.3 is 4.90 Å². The molecule has 1 rings (SSSR count). The third-order valence-electron chi connectivity index (χ3n) is 2.58. The third kappa shape index (κ3) is 3.06. The van der Waals surface area contributed by atoms with Gasteiger partial charge in [0.2, 0.25) is 0 Å². The zero-order valence-corrected chi connectivity index (χ0v) is 10.4. The van der Waals surface area contributed by atoms with Crippen LogP contribution in [-0.4, -0.2) is 48.8 Å². The molecule has 0 spiro atoms. The fourth-order valence-electron chi connectivity index (χ4n) is 1.90. The molecule has 0 aliphatic carbocycles. The number of hydrogen-bond donors (Lipinski definition) is 0. The molecule has 1 fully saturated rings. The molecule has 0 aromatic heterocycles. The van der Waals surface area contributed by atoms with Crippen molar-refractivity contribution in [3.05, 3.63) is 17.7 Å². The smallest absolute Gasteiger partial charge is 0.175 e. The number of nitrogens with zero attached hydrogens (tertiary/aromatic N) is 2. The molecule has 1 atom stereocenters. The average Bonchev–Trinajstić information content (AvgIpc) is 2.31. The maximum absolute atomic E-state index is 11.8. The predicted molar refractivity (Wildman–Crippen MR) is 62.4 cm³/mol. The number of carbonyl (C=O) groups excluding carboxylic acids is 1. The predicted octanol–water partition coefficient (Wildman–Crippen LogP) is 1.32. The monoisotopic (exact) mass is 209 g/mol. The molecule has 0 N–H and O–H groups in total. The molecule has 0 aromatic carbocycles. The first-order valence-electron chi connectivity index (χ1n) is 5.36. The van der Waals surface area contributed by atoms with Crippen molar-refractivity contribution in [2.24, 2.45) is 0 Å². The second kappa shape index (κ2) is 4.79. The molecule has 15 heavy (non-hydrogen) atoms. The minimum absolute atomic E-state index is 0.245. The summed E-state index contributed by atoms with van der Waals surface area (Å²) in [7, 11) is 3.90. The Hall–Kier alpha value is -0.830. The Bertz CT molecular complexity index is 269. The van der Waals surface area contributed by atoms with E-state index in [1.54, 1.807) is 0 Å². The van der Waals surface area contributed by atoms with Crippen molar-refractivity contribution in [1.29, 1.82) is 0 Å². The fraction of sp³-hybridized carbons (Fsp3) is 0.667. The normalized spacial score (nSPS) is 25.6. The van der Waals surface area contributed by atoms with Gasteiger partial charge in [-0.05, 0) is 12.8 Å². The van der Waals surface area contributed by atoms with Crippen LogP contribution in [0.3, 0.4) is 0 Å². The molecular formula is C12H21N2O. The zero-order valence-electron chi connectivity index (χ0n) is 10.4. The molecule has 1 radical (unpaired) electrons. The van der Waals surface area contributed by atoms with E-state index in [2.05, 4.69) is 25.7 Å². The van der Waals surface area contributed by atoms with Gasteiger partial charge in [-0.1, -0.05) is 13.8 Å². The highest BCUT2D eigenvalue weighted by molar-refractivity contribution is 6.00. The van der Waals surface area contributed by atoms with E-state index in [1.165, 1.54) is 5.92 Å². The molecule has 1 saturated heterocycles. The topological polar surface area (TPSA) is 23.6 Å². The van der Waals surface area contributed by atoms with Crippen LogP contribution in [0.5, 0.6) is 0 Å². The van der Waals surface area contributed by atoms with Crippen LogP contribution >= 0.6 is 0 Å². The number of ketones is 1. The van der Waals surface area contributed by atoms with Crippen LogP contribution in [0.2, 0.25) is 0 Å². The Morgan fingerprint density at radius 1 is 1.53 bits per heavy atom. The van der Waals surface area contributed by atoms with Gasteiger partial charge >= 0.3 is 0 Å². The molecule has 3 heteroatoms. The van der Waals surface area contributed by atoms with E-state index >= 15 is 0 Å². The number of carbonyl (C=O) groups is 1. The minimum atomic E-state index is 0.245. The summed E-state index contributed by atoms with van der Waals surface area (Å²) in [6.07, 6.45) is 1.94. The molecule has 1 aliphatic rings. The lowest BCUT2D eigenvalue weighted by atomic mass is 10.1. The van der Waals surface area contributed by atoms with Gasteiger partial charge in [-0.25, -0.2) is 0 Å². The molecule has 1 heterocycles. The minimum Gasteiger partial charge on any atom is -0.383 e. The summed E-state index contributed by atoms with van der Waals surface area (Å²) in [5.41, 5.74) is 0.932. The molecule has 0 amide bonds. The van der Waals surface area contributed by atoms with Gasteiger partial charge in [0, 0.05) is 38.5 Å². The highest BCUT2D eigenvalue weighted by Gasteiger charge is 2.32. The molecule has 0 saturated carbocycles. The highest BCUT2D eigenvalue weighted by atomic mass is 16.1. The van der Waals surface area contributed by atoms with Crippen molar-refractivity contribution < 1.29 is 4.79 Å². The summed E-state index contributed by atoms with van der Waals surface area (Å²) in [6.45, 7) is 7.78. The van der Waals surface area contributed by atoms with E-state index in [0.29, 0.717) is 6.54 Å². The van der Waals surface area contributed by atoms with Crippen molar-refractivity contribution in [3.63, 3.8) is 0 Å². The Kier molecular flexibility index (Phi) is 3.91. The quantitative estimate of drug-likeness (QED) is 0.655. The van der Waals surface area contributed by atoms with Gasteiger partial charge in [0.05, 0.1) is 6.54 Å². The van der Waals surface area contributed by atoms with Crippen LogP contribution < -0.4 is 0 Å². The van der Waals surface area contributed by atoms with Gasteiger partial charge in [-0.3, -0.25) is 9.69 Å². The number of Topliss-reactive ketones (excluding diaryl/α,β-unsaturated/α-hetero) is 1. The van der Waals surface area contributed by atoms with Crippen molar-refractivity contribution in [2.75, 3.05) is 27.2 Å². The third-order valence-corrected chi connectivity index (χ3v) is 2.58. The Morgan fingerprint density at radius 3 is 2.60 bits per heavy atom. The number of likely N-dealkylation sites (tertiary alicyclic amines) is 1. The first-order chi connectivity index (χ1) is 6.91. The van der Waals surface area contributed by atoms with Crippen LogP contribution in [0, 0.1) is 5.92 Å². The van der Waals surface area contributed by atoms with E-state index in [0.717, 1.165) is 12.1 Å². The highest BCUT2D eigenvalue weighted by Crippen LogP contribution is 2.21. The van der Waals surface area contributed by atoms with Crippen molar-refractivity contribution >= 4 is 5.78 Å². The molecule has 1 unspecified atom stereocenters. The van der Waals surface area contributed by atoms with Gasteiger partial charge in [0.25, 0.3) is 0 Å². The van der Waals surface area contributed by atoms with Crippen LogP contribution in [-0.2, 0) is 4.79 Å². The molecule has 0 bridgehead atoms. The second-order valence-electron chi connectivity index (χ2n) is 4.76. The lowest BCUT2D eigenvalue weighted by Gasteiger charge is -2.22. The second-order valence-corrected chi connectivity index (χ2v) is 4.76. The van der Waals surface area contributed by atoms with Crippen LogP contribution in [0.25, 0.3) is 0 Å². The van der Waals surface area contributed by atoms with E-state index in [4.69, 9.17) is 0 Å². The lowest BCUT2D eigenvalue weighted by Crippen LogP contribution is -2.31. The maximum Gasteiger partial charge on any atom is 0.175 e. The largest absolute Gasteiger partial charge is 0.383 e. The SMILES string of the molecule is C[C](C)CN1CC(=O)/C(=C\N(C)C)C1C.